The number of methoxy groups -OCH3 is 1. The Bertz CT molecular complexity index is 918. The molecule has 0 aliphatic carbocycles. The molecule has 1 aliphatic rings. The number of piperazine rings is 1. The lowest BCUT2D eigenvalue weighted by atomic mass is 10.2. The Balaban J connectivity index is 1.33. The molecule has 0 N–H and O–H groups in total. The minimum Gasteiger partial charge on any atom is -0.497 e. The van der Waals surface area contributed by atoms with E-state index in [4.69, 9.17) is 4.74 Å². The third-order valence-electron chi connectivity index (χ3n) is 4.85. The fourth-order valence-corrected chi connectivity index (χ4v) is 3.34. The molecule has 0 radical (unpaired) electrons. The van der Waals surface area contributed by atoms with Crippen LogP contribution in [0.2, 0.25) is 0 Å². The van der Waals surface area contributed by atoms with Gasteiger partial charge in [-0.3, -0.25) is 9.48 Å². The molecule has 0 bridgehead atoms. The summed E-state index contributed by atoms with van der Waals surface area (Å²) in [4.78, 5) is 25.2. The largest absolute Gasteiger partial charge is 0.497 e. The number of ether oxygens (including phenoxy) is 1. The van der Waals surface area contributed by atoms with Crippen LogP contribution < -0.4 is 9.64 Å². The number of aromatic nitrogens is 4. The number of carbonyl (C=O) groups is 1. The van der Waals surface area contributed by atoms with Crippen LogP contribution in [0.1, 0.15) is 6.42 Å². The van der Waals surface area contributed by atoms with Gasteiger partial charge in [-0.2, -0.15) is 5.10 Å². The topological polar surface area (TPSA) is 76.4 Å². The van der Waals surface area contributed by atoms with E-state index < -0.39 is 0 Å². The van der Waals surface area contributed by atoms with Crippen LogP contribution in [0.4, 0.5) is 5.95 Å². The fourth-order valence-electron chi connectivity index (χ4n) is 3.34. The monoisotopic (exact) mass is 366 g/mol. The van der Waals surface area contributed by atoms with E-state index in [0.29, 0.717) is 26.1 Å². The molecule has 4 rings (SSSR count). The number of fused-ring (bicyclic) bond motifs is 1. The lowest BCUT2D eigenvalue weighted by molar-refractivity contribution is -0.131. The SMILES string of the molecule is COc1ccc2c(cnn2CCC(=O)N2CCN(c3ncccn3)CC2)c1. The molecular formula is C19H22N6O2. The highest BCUT2D eigenvalue weighted by molar-refractivity contribution is 5.81. The minimum atomic E-state index is 0.154. The van der Waals surface area contributed by atoms with E-state index in [0.717, 1.165) is 35.7 Å². The molecule has 140 valence electrons. The predicted molar refractivity (Wildman–Crippen MR) is 102 cm³/mol. The average molecular weight is 366 g/mol. The summed E-state index contributed by atoms with van der Waals surface area (Å²) in [5, 5.41) is 5.42. The number of rotatable bonds is 5. The average Bonchev–Trinajstić information content (AvgIpc) is 3.15. The van der Waals surface area contributed by atoms with E-state index in [1.54, 1.807) is 31.8 Å². The maximum atomic E-state index is 12.6. The number of hydrogen-bond acceptors (Lipinski definition) is 6. The quantitative estimate of drug-likeness (QED) is 0.682. The maximum absolute atomic E-state index is 12.6. The lowest BCUT2D eigenvalue weighted by Crippen LogP contribution is -2.49. The normalized spacial score (nSPS) is 14.6. The summed E-state index contributed by atoms with van der Waals surface area (Å²) in [6, 6.07) is 7.64. The molecule has 1 aromatic carbocycles. The summed E-state index contributed by atoms with van der Waals surface area (Å²) in [5.41, 5.74) is 1.01. The molecule has 1 fully saturated rings. The highest BCUT2D eigenvalue weighted by Crippen LogP contribution is 2.20. The molecule has 1 amide bonds. The number of carbonyl (C=O) groups excluding carboxylic acids is 1. The van der Waals surface area contributed by atoms with Crippen molar-refractivity contribution in [2.24, 2.45) is 0 Å². The Morgan fingerprint density at radius 3 is 2.67 bits per heavy atom. The first kappa shape index (κ1) is 17.3. The van der Waals surface area contributed by atoms with Crippen molar-refractivity contribution in [2.75, 3.05) is 38.2 Å². The van der Waals surface area contributed by atoms with Gasteiger partial charge in [-0.25, -0.2) is 9.97 Å². The van der Waals surface area contributed by atoms with Crippen molar-refractivity contribution in [1.82, 2.24) is 24.6 Å². The van der Waals surface area contributed by atoms with Gasteiger partial charge in [-0.05, 0) is 24.3 Å². The third kappa shape index (κ3) is 3.69. The highest BCUT2D eigenvalue weighted by atomic mass is 16.5. The van der Waals surface area contributed by atoms with E-state index in [1.807, 2.05) is 27.8 Å². The molecule has 1 saturated heterocycles. The van der Waals surface area contributed by atoms with Gasteiger partial charge in [0.2, 0.25) is 11.9 Å². The summed E-state index contributed by atoms with van der Waals surface area (Å²) < 4.78 is 7.11. The van der Waals surface area contributed by atoms with Crippen LogP contribution in [0.25, 0.3) is 10.9 Å². The van der Waals surface area contributed by atoms with Crippen molar-refractivity contribution in [3.63, 3.8) is 0 Å². The molecule has 3 heterocycles. The molecule has 0 atom stereocenters. The standard InChI is InChI=1S/C19H22N6O2/c1-27-16-3-4-17-15(13-16)14-22-25(17)8-5-18(26)23-9-11-24(12-10-23)19-20-6-2-7-21-19/h2-4,6-7,13-14H,5,8-12H2,1H3. The van der Waals surface area contributed by atoms with Crippen LogP contribution in [0.3, 0.4) is 0 Å². The maximum Gasteiger partial charge on any atom is 0.225 e. The Kier molecular flexibility index (Phi) is 4.86. The number of nitrogens with zero attached hydrogens (tertiary/aromatic N) is 6. The first-order valence-corrected chi connectivity index (χ1v) is 9.04. The van der Waals surface area contributed by atoms with Crippen molar-refractivity contribution in [3.8, 4) is 5.75 Å². The van der Waals surface area contributed by atoms with Crippen molar-refractivity contribution in [1.29, 1.82) is 0 Å². The van der Waals surface area contributed by atoms with Crippen molar-refractivity contribution in [3.05, 3.63) is 42.9 Å². The minimum absolute atomic E-state index is 0.154. The Hall–Kier alpha value is -3.16. The zero-order valence-corrected chi connectivity index (χ0v) is 15.3. The van der Waals surface area contributed by atoms with E-state index in [-0.39, 0.29) is 5.91 Å². The van der Waals surface area contributed by atoms with Crippen LogP contribution in [-0.4, -0.2) is 63.8 Å². The second-order valence-electron chi connectivity index (χ2n) is 6.46. The van der Waals surface area contributed by atoms with Crippen molar-refractivity contribution in [2.45, 2.75) is 13.0 Å². The van der Waals surface area contributed by atoms with Crippen LogP contribution in [0.15, 0.2) is 42.9 Å². The fraction of sp³-hybridized carbons (Fsp3) is 0.368. The lowest BCUT2D eigenvalue weighted by Gasteiger charge is -2.34. The number of aryl methyl sites for hydroxylation is 1. The van der Waals surface area contributed by atoms with E-state index >= 15 is 0 Å². The summed E-state index contributed by atoms with van der Waals surface area (Å²) >= 11 is 0. The van der Waals surface area contributed by atoms with E-state index in [2.05, 4.69) is 20.0 Å². The van der Waals surface area contributed by atoms with Gasteiger partial charge in [0.05, 0.1) is 25.4 Å². The first-order valence-electron chi connectivity index (χ1n) is 9.04. The second kappa shape index (κ2) is 7.61. The second-order valence-corrected chi connectivity index (χ2v) is 6.46. The summed E-state index contributed by atoms with van der Waals surface area (Å²) in [6.07, 6.45) is 5.72. The molecule has 1 aliphatic heterocycles. The molecule has 0 spiro atoms. The van der Waals surface area contributed by atoms with Gasteiger partial charge < -0.3 is 14.5 Å². The molecule has 0 unspecified atom stereocenters. The van der Waals surface area contributed by atoms with Gasteiger partial charge in [0.15, 0.2) is 0 Å². The zero-order chi connectivity index (χ0) is 18.6. The highest BCUT2D eigenvalue weighted by Gasteiger charge is 2.22. The van der Waals surface area contributed by atoms with Crippen LogP contribution in [-0.2, 0) is 11.3 Å². The number of amides is 1. The Labute approximate surface area is 157 Å². The number of anilines is 1. The van der Waals surface area contributed by atoms with Gasteiger partial charge in [-0.15, -0.1) is 0 Å². The molecule has 3 aromatic rings. The molecular weight excluding hydrogens is 344 g/mol. The first-order chi connectivity index (χ1) is 13.2. The number of benzene rings is 1. The van der Waals surface area contributed by atoms with Gasteiger partial charge in [-0.1, -0.05) is 0 Å². The van der Waals surface area contributed by atoms with Gasteiger partial charge >= 0.3 is 0 Å². The van der Waals surface area contributed by atoms with E-state index in [1.165, 1.54) is 0 Å². The van der Waals surface area contributed by atoms with Crippen LogP contribution in [0, 0.1) is 0 Å². The molecule has 2 aromatic heterocycles. The molecule has 27 heavy (non-hydrogen) atoms. The molecule has 8 nitrogen and oxygen atoms in total. The van der Waals surface area contributed by atoms with Crippen molar-refractivity contribution < 1.29 is 9.53 Å². The van der Waals surface area contributed by atoms with E-state index in [9.17, 15) is 4.79 Å². The smallest absolute Gasteiger partial charge is 0.225 e. The molecule has 0 saturated carbocycles. The summed E-state index contributed by atoms with van der Waals surface area (Å²) in [5.74, 6) is 1.68. The third-order valence-corrected chi connectivity index (χ3v) is 4.85. The van der Waals surface area contributed by atoms with Crippen LogP contribution >= 0.6 is 0 Å². The van der Waals surface area contributed by atoms with Gasteiger partial charge in [0, 0.05) is 50.4 Å². The Morgan fingerprint density at radius 1 is 1.15 bits per heavy atom. The number of hydrogen-bond donors (Lipinski definition) is 0. The van der Waals surface area contributed by atoms with Crippen LogP contribution in [0.5, 0.6) is 5.75 Å². The van der Waals surface area contributed by atoms with Crippen molar-refractivity contribution >= 4 is 22.8 Å². The van der Waals surface area contributed by atoms with Gasteiger partial charge in [0.25, 0.3) is 0 Å². The summed E-state index contributed by atoms with van der Waals surface area (Å²) in [7, 11) is 1.65. The summed E-state index contributed by atoms with van der Waals surface area (Å²) in [6.45, 7) is 3.44. The zero-order valence-electron chi connectivity index (χ0n) is 15.3. The predicted octanol–water partition coefficient (Wildman–Crippen LogP) is 1.57. The molecule has 8 heteroatoms. The van der Waals surface area contributed by atoms with Gasteiger partial charge in [0.1, 0.15) is 5.75 Å². The Morgan fingerprint density at radius 2 is 1.93 bits per heavy atom.